The number of carbonyl (C=O) groups is 1. The first-order valence-electron chi connectivity index (χ1n) is 11.8. The zero-order valence-electron chi connectivity index (χ0n) is 21.6. The average Bonchev–Trinajstić information content (AvgIpc) is 2.83. The molecule has 1 amide bonds. The number of para-hydroxylation sites is 2. The predicted molar refractivity (Wildman–Crippen MR) is 148 cm³/mol. The van der Waals surface area contributed by atoms with Gasteiger partial charge in [-0.15, -0.1) is 0 Å². The molecule has 193 valence electrons. The van der Waals surface area contributed by atoms with E-state index in [-0.39, 0.29) is 26.5 Å². The van der Waals surface area contributed by atoms with Crippen LogP contribution in [0.2, 0.25) is 0 Å². The van der Waals surface area contributed by atoms with Gasteiger partial charge in [-0.2, -0.15) is 0 Å². The molecule has 2 aliphatic rings. The number of carbonyl (C=O) groups excluding carboxylic acids is 1. The molecule has 7 nitrogen and oxygen atoms in total. The van der Waals surface area contributed by atoms with E-state index in [1.165, 1.54) is 12.2 Å². The molecule has 2 atom stereocenters. The summed E-state index contributed by atoms with van der Waals surface area (Å²) >= 11 is 0. The maximum atomic E-state index is 12.1. The molecule has 2 N–H and O–H groups in total. The standard InChI is InChI=1S/C13H19N3O.C13H21N3.B.FH.H2/c1-15-8-9-16(2)12(10-15)13(17)14-11-6-4-3-5-7-11;1-15-8-9-16(2)13(11-15)10-14-12-6-4-3-5-7-12;;;/h3-7,12H,8-10H2,1-2H3,(H,14,17);3-7,13-14H,8-11H2,1-2H3;;2*1H/i;;;;1+2. The fourth-order valence-corrected chi connectivity index (χ4v) is 4.15. The second-order valence-electron chi connectivity index (χ2n) is 9.26. The number of nitrogens with one attached hydrogen (secondary N) is 2. The number of hydrogen-bond acceptors (Lipinski definition) is 6. The molecule has 2 fully saturated rings. The Morgan fingerprint density at radius 1 is 0.800 bits per heavy atom. The molecular formula is C26H43BFN6O. The Balaban J connectivity index is 0.000000629. The van der Waals surface area contributed by atoms with Crippen LogP contribution in [-0.4, -0.2) is 120 Å². The predicted octanol–water partition coefficient (Wildman–Crippen LogP) is 2.23. The molecule has 2 aromatic carbocycles. The molecule has 2 unspecified atom stereocenters. The molecule has 2 saturated heterocycles. The maximum Gasteiger partial charge on any atom is 0.243 e. The molecule has 0 bridgehead atoms. The van der Waals surface area contributed by atoms with E-state index in [0.717, 1.165) is 45.0 Å². The molecular weight excluding hydrogens is 442 g/mol. The average molecular weight is 487 g/mol. The van der Waals surface area contributed by atoms with E-state index in [4.69, 9.17) is 0 Å². The van der Waals surface area contributed by atoms with Crippen molar-refractivity contribution in [3.8, 4) is 0 Å². The molecule has 0 saturated carbocycles. The second-order valence-corrected chi connectivity index (χ2v) is 9.26. The quantitative estimate of drug-likeness (QED) is 0.632. The van der Waals surface area contributed by atoms with Crippen LogP contribution in [0.15, 0.2) is 60.7 Å². The third-order valence-corrected chi connectivity index (χ3v) is 6.49. The van der Waals surface area contributed by atoms with E-state index < -0.39 is 0 Å². The van der Waals surface area contributed by atoms with Gasteiger partial charge in [-0.25, -0.2) is 0 Å². The van der Waals surface area contributed by atoms with E-state index in [1.807, 2.05) is 43.4 Å². The Hall–Kier alpha value is -2.46. The van der Waals surface area contributed by atoms with Gasteiger partial charge in [0.05, 0.1) is 0 Å². The van der Waals surface area contributed by atoms with Gasteiger partial charge in [-0.3, -0.25) is 19.3 Å². The lowest BCUT2D eigenvalue weighted by Crippen LogP contribution is -2.55. The largest absolute Gasteiger partial charge is 0.383 e. The zero-order chi connectivity index (χ0) is 23.6. The fraction of sp³-hybridized carbons (Fsp3) is 0.500. The van der Waals surface area contributed by atoms with Gasteiger partial charge < -0.3 is 20.4 Å². The summed E-state index contributed by atoms with van der Waals surface area (Å²) in [6, 6.07) is 20.6. The smallest absolute Gasteiger partial charge is 0.243 e. The number of halogens is 1. The van der Waals surface area contributed by atoms with Crippen molar-refractivity contribution in [3.05, 3.63) is 60.7 Å². The van der Waals surface area contributed by atoms with Crippen molar-refractivity contribution < 1.29 is 10.9 Å². The minimum atomic E-state index is -0.0612. The third-order valence-electron chi connectivity index (χ3n) is 6.49. The Labute approximate surface area is 213 Å². The number of nitrogens with zero attached hydrogens (tertiary/aromatic N) is 4. The van der Waals surface area contributed by atoms with E-state index in [1.54, 1.807) is 0 Å². The van der Waals surface area contributed by atoms with Crippen molar-refractivity contribution in [2.75, 3.05) is 84.6 Å². The minimum Gasteiger partial charge on any atom is -0.383 e. The molecule has 9 heteroatoms. The lowest BCUT2D eigenvalue weighted by Gasteiger charge is -2.37. The van der Waals surface area contributed by atoms with Crippen LogP contribution in [-0.2, 0) is 4.79 Å². The highest BCUT2D eigenvalue weighted by Crippen LogP contribution is 2.11. The molecule has 4 rings (SSSR count). The van der Waals surface area contributed by atoms with Gasteiger partial charge in [0.1, 0.15) is 6.04 Å². The van der Waals surface area contributed by atoms with Gasteiger partial charge in [0.2, 0.25) is 5.91 Å². The third kappa shape index (κ3) is 9.97. The molecule has 0 aromatic heterocycles. The Morgan fingerprint density at radius 3 is 1.91 bits per heavy atom. The van der Waals surface area contributed by atoms with Crippen molar-refractivity contribution in [2.24, 2.45) is 0 Å². The molecule has 35 heavy (non-hydrogen) atoms. The van der Waals surface area contributed by atoms with E-state index >= 15 is 0 Å². The van der Waals surface area contributed by atoms with Crippen molar-refractivity contribution in [2.45, 2.75) is 12.1 Å². The summed E-state index contributed by atoms with van der Waals surface area (Å²) in [6.07, 6.45) is 0. The van der Waals surface area contributed by atoms with Gasteiger partial charge in [-0.1, -0.05) is 36.4 Å². The monoisotopic (exact) mass is 487 g/mol. The summed E-state index contributed by atoms with van der Waals surface area (Å²) in [5, 5.41) is 6.45. The highest BCUT2D eigenvalue weighted by atomic mass is 19.0. The number of amides is 1. The molecule has 3 radical (unpaired) electrons. The molecule has 2 heterocycles. The first kappa shape index (κ1) is 30.6. The van der Waals surface area contributed by atoms with Crippen molar-refractivity contribution >= 4 is 25.7 Å². The molecule has 0 aliphatic carbocycles. The van der Waals surface area contributed by atoms with Gasteiger partial charge in [0, 0.05) is 73.1 Å². The van der Waals surface area contributed by atoms with Crippen LogP contribution < -0.4 is 10.6 Å². The first-order valence-corrected chi connectivity index (χ1v) is 11.8. The van der Waals surface area contributed by atoms with Crippen molar-refractivity contribution in [3.63, 3.8) is 0 Å². The fourth-order valence-electron chi connectivity index (χ4n) is 4.15. The van der Waals surface area contributed by atoms with Gasteiger partial charge in [0.25, 0.3) is 0 Å². The number of anilines is 2. The normalized spacial score (nSPS) is 21.5. The lowest BCUT2D eigenvalue weighted by molar-refractivity contribution is -0.122. The zero-order valence-corrected chi connectivity index (χ0v) is 21.6. The van der Waals surface area contributed by atoms with Gasteiger partial charge >= 0.3 is 0 Å². The van der Waals surface area contributed by atoms with E-state index in [0.29, 0.717) is 6.04 Å². The summed E-state index contributed by atoms with van der Waals surface area (Å²) in [4.78, 5) is 21.3. The molecule has 0 spiro atoms. The number of piperazine rings is 2. The number of rotatable bonds is 5. The van der Waals surface area contributed by atoms with Crippen LogP contribution >= 0.6 is 0 Å². The highest BCUT2D eigenvalue weighted by Gasteiger charge is 2.28. The number of hydrogen-bond donors (Lipinski definition) is 2. The minimum absolute atomic E-state index is 0. The van der Waals surface area contributed by atoms with Gasteiger partial charge in [-0.05, 0) is 52.5 Å². The maximum absolute atomic E-state index is 12.1. The van der Waals surface area contributed by atoms with E-state index in [2.05, 4.69) is 75.6 Å². The summed E-state index contributed by atoms with van der Waals surface area (Å²) in [5.74, 6) is 0.0743. The first-order chi connectivity index (χ1) is 15.9. The SMILES string of the molecule is CN1CCN(C)C(C(=O)Nc2ccccc2)C1.CN1CCN(C)C(CNc2ccccc2)C1.F.[3HH].[B]. The van der Waals surface area contributed by atoms with Crippen molar-refractivity contribution in [1.82, 2.24) is 19.6 Å². The van der Waals surface area contributed by atoms with Crippen LogP contribution in [0.4, 0.5) is 16.1 Å². The molecule has 2 aliphatic heterocycles. The summed E-state index contributed by atoms with van der Waals surface area (Å²) in [7, 11) is 8.46. The summed E-state index contributed by atoms with van der Waals surface area (Å²) in [6.45, 7) is 7.25. The Kier molecular flexibility index (Phi) is 13.6. The second kappa shape index (κ2) is 15.5. The van der Waals surface area contributed by atoms with Crippen LogP contribution in [0.25, 0.3) is 0 Å². The highest BCUT2D eigenvalue weighted by molar-refractivity contribution is 5.95. The number of likely N-dealkylation sites (N-methyl/N-ethyl adjacent to an activating group) is 4. The van der Waals surface area contributed by atoms with Crippen molar-refractivity contribution in [1.29, 1.82) is 0 Å². The summed E-state index contributed by atoms with van der Waals surface area (Å²) < 4.78 is 0. The van der Waals surface area contributed by atoms with Crippen LogP contribution in [0, 0.1) is 0 Å². The Bertz CT molecular complexity index is 853. The topological polar surface area (TPSA) is 54.1 Å². The lowest BCUT2D eigenvalue weighted by atomic mass is 10.1. The summed E-state index contributed by atoms with van der Waals surface area (Å²) in [5.41, 5.74) is 2.07. The van der Waals surface area contributed by atoms with Crippen LogP contribution in [0.5, 0.6) is 0 Å². The molecule has 2 aromatic rings. The van der Waals surface area contributed by atoms with E-state index in [9.17, 15) is 4.79 Å². The number of benzene rings is 2. The van der Waals surface area contributed by atoms with Crippen LogP contribution in [0.3, 0.4) is 0 Å². The van der Waals surface area contributed by atoms with Gasteiger partial charge in [0.15, 0.2) is 0 Å². The Morgan fingerprint density at radius 2 is 1.31 bits per heavy atom. The van der Waals surface area contributed by atoms with Crippen LogP contribution in [0.1, 0.15) is 1.43 Å².